The van der Waals surface area contributed by atoms with Crippen molar-refractivity contribution in [1.82, 2.24) is 29.1 Å². The lowest BCUT2D eigenvalue weighted by molar-refractivity contribution is -0.915. The average Bonchev–Trinajstić information content (AvgIpc) is 3.71. The number of amides is 3. The van der Waals surface area contributed by atoms with Gasteiger partial charge in [-0.05, 0) is 38.1 Å². The molecule has 2 aliphatic heterocycles. The Morgan fingerprint density at radius 2 is 1.59 bits per heavy atom. The van der Waals surface area contributed by atoms with E-state index in [1.54, 1.807) is 49.8 Å². The molecule has 2 saturated heterocycles. The summed E-state index contributed by atoms with van der Waals surface area (Å²) in [4.78, 5) is 47.9. The van der Waals surface area contributed by atoms with Gasteiger partial charge in [-0.3, -0.25) is 19.1 Å². The minimum atomic E-state index is -1.08. The van der Waals surface area contributed by atoms with E-state index in [1.807, 2.05) is 4.90 Å². The lowest BCUT2D eigenvalue weighted by Crippen LogP contribution is -2.56. The number of carbonyl (C=O) groups excluding carboxylic acids is 3. The Morgan fingerprint density at radius 3 is 2.25 bits per heavy atom. The number of benzene rings is 2. The number of piperidine rings is 1. The van der Waals surface area contributed by atoms with Gasteiger partial charge in [0, 0.05) is 94.3 Å². The van der Waals surface area contributed by atoms with Crippen LogP contribution in [-0.2, 0) is 27.9 Å². The molecule has 2 aromatic heterocycles. The van der Waals surface area contributed by atoms with Crippen molar-refractivity contribution in [3.63, 3.8) is 0 Å². The first-order valence-electron chi connectivity index (χ1n) is 18.8. The Balaban J connectivity index is 1.07. The van der Waals surface area contributed by atoms with Gasteiger partial charge in [-0.15, -0.1) is 0 Å². The highest BCUT2D eigenvalue weighted by Crippen LogP contribution is 2.35. The molecule has 0 unspecified atom stereocenters. The number of piperazine rings is 1. The van der Waals surface area contributed by atoms with E-state index >= 15 is 8.78 Å². The number of imidazole rings is 1. The van der Waals surface area contributed by atoms with Gasteiger partial charge < -0.3 is 33.6 Å². The minimum absolute atomic E-state index is 0.000822. The zero-order valence-corrected chi connectivity index (χ0v) is 33.6. The van der Waals surface area contributed by atoms with Crippen molar-refractivity contribution < 1.29 is 37.1 Å². The van der Waals surface area contributed by atoms with Crippen LogP contribution in [0.2, 0.25) is 5.02 Å². The number of ether oxygens (including phenoxy) is 2. The van der Waals surface area contributed by atoms with E-state index in [1.165, 1.54) is 36.0 Å². The number of aromatic nitrogens is 4. The number of carbonyl (C=O) groups is 3. The van der Waals surface area contributed by atoms with Crippen molar-refractivity contribution in [1.29, 1.82) is 0 Å². The van der Waals surface area contributed by atoms with Gasteiger partial charge in [-0.25, -0.2) is 13.8 Å². The van der Waals surface area contributed by atoms with E-state index in [2.05, 4.69) is 22.4 Å². The molecule has 0 saturated carbocycles. The molecule has 4 heterocycles. The molecule has 300 valence electrons. The Morgan fingerprint density at radius 1 is 0.946 bits per heavy atom. The molecule has 56 heavy (non-hydrogen) atoms. The SMILES string of the molecule is COCCn1nc(C)c(-c2ccc(-c3cnc(C(=O)Nc4ccc(C(=O)N5CCN(C(=O)C6CC[N+](C)(CCOC)CC6)CC5)c(Cl)c4)n3C)c(F)c2F)c1C. The van der Waals surface area contributed by atoms with E-state index in [0.29, 0.717) is 68.6 Å². The molecule has 0 spiro atoms. The predicted octanol–water partition coefficient (Wildman–Crippen LogP) is 5.19. The molecular weight excluding hydrogens is 746 g/mol. The third-order valence-corrected chi connectivity index (χ3v) is 11.6. The number of anilines is 1. The Labute approximate surface area is 330 Å². The fraction of sp³-hybridized carbons (Fsp3) is 0.475. The number of hydrogen-bond acceptors (Lipinski definition) is 7. The van der Waals surface area contributed by atoms with Crippen LogP contribution in [0.3, 0.4) is 0 Å². The van der Waals surface area contributed by atoms with Gasteiger partial charge in [-0.1, -0.05) is 17.7 Å². The monoisotopic (exact) mass is 795 g/mol. The summed E-state index contributed by atoms with van der Waals surface area (Å²) in [6, 6.07) is 7.55. The average molecular weight is 796 g/mol. The summed E-state index contributed by atoms with van der Waals surface area (Å²) in [5.41, 5.74) is 2.56. The lowest BCUT2D eigenvalue weighted by atomic mass is 9.93. The topological polar surface area (TPSA) is 124 Å². The summed E-state index contributed by atoms with van der Waals surface area (Å²) >= 11 is 6.57. The molecule has 6 rings (SSSR count). The number of quaternary nitrogens is 1. The Bertz CT molecular complexity index is 2100. The van der Waals surface area contributed by atoms with Crippen LogP contribution in [0, 0.1) is 31.4 Å². The molecule has 0 atom stereocenters. The van der Waals surface area contributed by atoms with Crippen LogP contribution < -0.4 is 5.32 Å². The van der Waals surface area contributed by atoms with Crippen LogP contribution in [0.15, 0.2) is 36.5 Å². The van der Waals surface area contributed by atoms with Gasteiger partial charge in [0.25, 0.3) is 11.8 Å². The first-order chi connectivity index (χ1) is 26.8. The second-order valence-corrected chi connectivity index (χ2v) is 15.3. The zero-order chi connectivity index (χ0) is 40.3. The summed E-state index contributed by atoms with van der Waals surface area (Å²) in [5.74, 6) is -2.88. The molecule has 2 aromatic carbocycles. The summed E-state index contributed by atoms with van der Waals surface area (Å²) in [6.07, 6.45) is 2.99. The summed E-state index contributed by atoms with van der Waals surface area (Å²) in [5, 5.41) is 7.34. The number of likely N-dealkylation sites (tertiary alicyclic amines) is 1. The smallest absolute Gasteiger partial charge is 0.291 e. The number of nitrogens with one attached hydrogen (secondary N) is 1. The molecule has 0 bridgehead atoms. The molecule has 2 aliphatic rings. The second kappa shape index (κ2) is 17.2. The van der Waals surface area contributed by atoms with E-state index in [0.717, 1.165) is 37.0 Å². The van der Waals surface area contributed by atoms with Crippen LogP contribution in [0.5, 0.6) is 0 Å². The molecule has 0 radical (unpaired) electrons. The first-order valence-corrected chi connectivity index (χ1v) is 19.2. The van der Waals surface area contributed by atoms with Crippen LogP contribution in [0.4, 0.5) is 14.5 Å². The summed E-state index contributed by atoms with van der Waals surface area (Å²) in [6.45, 7) is 9.64. The molecule has 4 aromatic rings. The van der Waals surface area contributed by atoms with Crippen molar-refractivity contribution in [2.75, 3.05) is 85.6 Å². The Hall–Kier alpha value is -4.70. The quantitative estimate of drug-likeness (QED) is 0.196. The summed E-state index contributed by atoms with van der Waals surface area (Å²) in [7, 11) is 7.04. The maximum Gasteiger partial charge on any atom is 0.291 e. The third kappa shape index (κ3) is 8.36. The van der Waals surface area contributed by atoms with Crippen LogP contribution in [0.25, 0.3) is 22.4 Å². The normalized spacial score (nSPS) is 18.7. The minimum Gasteiger partial charge on any atom is -0.383 e. The molecule has 0 aliphatic carbocycles. The molecule has 1 N–H and O–H groups in total. The number of aryl methyl sites for hydroxylation is 1. The lowest BCUT2D eigenvalue weighted by Gasteiger charge is -2.42. The van der Waals surface area contributed by atoms with E-state index < -0.39 is 17.5 Å². The standard InChI is InChI=1S/C40H49ClF2N8O5/c1-25-34(26(2)50(46-25)17-21-55-5)31-10-9-30(35(42)36(31)43)33-24-44-37(47(33)3)38(52)45-28-7-8-29(32(41)23-28)40(54)49-15-13-48(14-16-49)39(53)27-11-18-51(4,19-12-27)20-22-56-6/h7-10,23-24,27H,11-22H2,1-6H3/p+1. The van der Waals surface area contributed by atoms with Crippen molar-refractivity contribution in [3.05, 3.63) is 76.0 Å². The highest BCUT2D eigenvalue weighted by molar-refractivity contribution is 6.34. The maximum absolute atomic E-state index is 15.7. The number of halogens is 3. The number of hydrogen-bond donors (Lipinski definition) is 1. The van der Waals surface area contributed by atoms with Crippen molar-refractivity contribution in [2.45, 2.75) is 33.2 Å². The van der Waals surface area contributed by atoms with E-state index in [9.17, 15) is 14.4 Å². The summed E-state index contributed by atoms with van der Waals surface area (Å²) < 4.78 is 45.7. The van der Waals surface area contributed by atoms with E-state index in [-0.39, 0.29) is 51.0 Å². The van der Waals surface area contributed by atoms with Gasteiger partial charge in [0.05, 0.1) is 68.1 Å². The van der Waals surface area contributed by atoms with Gasteiger partial charge in [0.15, 0.2) is 17.5 Å². The molecule has 3 amide bonds. The highest BCUT2D eigenvalue weighted by Gasteiger charge is 2.36. The van der Waals surface area contributed by atoms with Crippen molar-refractivity contribution in [2.24, 2.45) is 13.0 Å². The molecule has 13 nitrogen and oxygen atoms in total. The number of methoxy groups -OCH3 is 2. The third-order valence-electron chi connectivity index (χ3n) is 11.3. The van der Waals surface area contributed by atoms with Gasteiger partial charge >= 0.3 is 0 Å². The fourth-order valence-electron chi connectivity index (χ4n) is 7.78. The molecular formula is C40H50ClF2N8O5+. The Kier molecular flexibility index (Phi) is 12.6. The fourth-order valence-corrected chi connectivity index (χ4v) is 8.04. The van der Waals surface area contributed by atoms with Gasteiger partial charge in [-0.2, -0.15) is 5.10 Å². The highest BCUT2D eigenvalue weighted by atomic mass is 35.5. The van der Waals surface area contributed by atoms with Gasteiger partial charge in [0.2, 0.25) is 5.91 Å². The van der Waals surface area contributed by atoms with Crippen molar-refractivity contribution in [3.8, 4) is 22.4 Å². The van der Waals surface area contributed by atoms with Crippen LogP contribution >= 0.6 is 11.6 Å². The van der Waals surface area contributed by atoms with Crippen LogP contribution in [-0.4, -0.2) is 132 Å². The second-order valence-electron chi connectivity index (χ2n) is 14.9. The first kappa shape index (κ1) is 40.9. The van der Waals surface area contributed by atoms with E-state index in [4.69, 9.17) is 21.1 Å². The van der Waals surface area contributed by atoms with Crippen LogP contribution in [0.1, 0.15) is 45.2 Å². The molecule has 16 heteroatoms. The zero-order valence-electron chi connectivity index (χ0n) is 32.8. The number of likely N-dealkylation sites (N-methyl/N-ethyl adjacent to an activating group) is 1. The largest absolute Gasteiger partial charge is 0.383 e. The maximum atomic E-state index is 15.7. The number of rotatable bonds is 12. The number of nitrogens with zero attached hydrogens (tertiary/aromatic N) is 7. The van der Waals surface area contributed by atoms with Gasteiger partial charge in [0.1, 0.15) is 6.54 Å². The molecule has 2 fully saturated rings. The predicted molar refractivity (Wildman–Crippen MR) is 208 cm³/mol. The van der Waals surface area contributed by atoms with Crippen molar-refractivity contribution >= 4 is 35.0 Å².